The predicted octanol–water partition coefficient (Wildman–Crippen LogP) is 13.7. The predicted molar refractivity (Wildman–Crippen MR) is 208 cm³/mol. The van der Waals surface area contributed by atoms with Gasteiger partial charge >= 0.3 is 0 Å². The Kier molecular flexibility index (Phi) is 4.39. The zero-order chi connectivity index (χ0) is 41.0. The van der Waals surface area contributed by atoms with Crippen molar-refractivity contribution in [2.45, 2.75) is 0 Å². The first-order valence-electron chi connectivity index (χ1n) is 21.0. The fourth-order valence-electron chi connectivity index (χ4n) is 7.22. The molecule has 1 nitrogen and oxygen atoms in total. The van der Waals surface area contributed by atoms with Gasteiger partial charge in [-0.25, -0.2) is 0 Å². The highest BCUT2D eigenvalue weighted by atomic mass is 16.3. The van der Waals surface area contributed by atoms with Crippen molar-refractivity contribution >= 4 is 54.3 Å². The van der Waals surface area contributed by atoms with E-state index in [9.17, 15) is 0 Å². The summed E-state index contributed by atoms with van der Waals surface area (Å²) >= 11 is 0. The molecule has 49 heavy (non-hydrogen) atoms. The Morgan fingerprint density at radius 2 is 0.796 bits per heavy atom. The molecule has 0 saturated carbocycles. The molecule has 10 rings (SSSR count). The van der Waals surface area contributed by atoms with Crippen LogP contribution in [0.2, 0.25) is 0 Å². The van der Waals surface area contributed by atoms with E-state index in [0.717, 1.165) is 70.9 Å². The Hall–Kier alpha value is -6.44. The van der Waals surface area contributed by atoms with Gasteiger partial charge in [0.1, 0.15) is 11.2 Å². The van der Waals surface area contributed by atoms with E-state index >= 15 is 0 Å². The largest absolute Gasteiger partial charge is 0.456 e. The zero-order valence-electron chi connectivity index (χ0n) is 36.0. The molecule has 0 N–H and O–H groups in total. The Labute approximate surface area is 298 Å². The number of furan rings is 1. The SMILES string of the molecule is [2H]c1c([2H])c([2H])c(-c2cc(-c3c([2H])c([2H])c([2H])c([2H])c3[2H])cc(-c3c4ccccc4c(-c4ccc5c(c4)oc4cc6ccccc6cc45)c4ccccc34)c2)c([2H])c1[2H]. The van der Waals surface area contributed by atoms with Crippen LogP contribution in [0.3, 0.4) is 0 Å². The van der Waals surface area contributed by atoms with Crippen LogP contribution in [-0.2, 0) is 0 Å². The van der Waals surface area contributed by atoms with E-state index in [1.165, 1.54) is 6.07 Å². The summed E-state index contributed by atoms with van der Waals surface area (Å²) in [4.78, 5) is 0. The molecule has 1 heteroatoms. The van der Waals surface area contributed by atoms with E-state index < -0.39 is 60.4 Å². The second-order valence-corrected chi connectivity index (χ2v) is 12.1. The second-order valence-electron chi connectivity index (χ2n) is 12.1. The summed E-state index contributed by atoms with van der Waals surface area (Å²) in [6.45, 7) is 0. The third-order valence-corrected chi connectivity index (χ3v) is 9.36. The van der Waals surface area contributed by atoms with E-state index in [-0.39, 0.29) is 22.3 Å². The van der Waals surface area contributed by atoms with Gasteiger partial charge in [-0.1, -0.05) is 139 Å². The first-order valence-corrected chi connectivity index (χ1v) is 16.0. The van der Waals surface area contributed by atoms with E-state index in [2.05, 4.69) is 42.5 Å². The average molecular weight is 633 g/mol. The van der Waals surface area contributed by atoms with Crippen molar-refractivity contribution in [3.63, 3.8) is 0 Å². The molecule has 1 heterocycles. The molecule has 0 radical (unpaired) electrons. The van der Waals surface area contributed by atoms with Crippen LogP contribution in [-0.4, -0.2) is 0 Å². The first kappa shape index (κ1) is 19.4. The van der Waals surface area contributed by atoms with Crippen LogP contribution in [0.1, 0.15) is 13.7 Å². The molecule has 0 atom stereocenters. The summed E-state index contributed by atoms with van der Waals surface area (Å²) in [5.74, 6) is 0. The first-order chi connectivity index (χ1) is 28.4. The highest BCUT2D eigenvalue weighted by Gasteiger charge is 2.19. The lowest BCUT2D eigenvalue weighted by Gasteiger charge is -2.19. The molecule has 0 saturated heterocycles. The third kappa shape index (κ3) is 4.55. The topological polar surface area (TPSA) is 13.1 Å². The number of fused-ring (bicyclic) bond motifs is 6. The van der Waals surface area contributed by atoms with Crippen LogP contribution in [0.4, 0.5) is 0 Å². The Bertz CT molecular complexity index is 3260. The van der Waals surface area contributed by atoms with Gasteiger partial charge in [0.25, 0.3) is 0 Å². The van der Waals surface area contributed by atoms with E-state index in [1.807, 2.05) is 60.7 Å². The fourth-order valence-corrected chi connectivity index (χ4v) is 7.22. The molecule has 0 unspecified atom stereocenters. The number of rotatable bonds is 4. The molecular formula is C48H30O. The molecule has 10 aromatic rings. The molecule has 9 aromatic carbocycles. The maximum Gasteiger partial charge on any atom is 0.136 e. The highest BCUT2D eigenvalue weighted by Crippen LogP contribution is 2.46. The van der Waals surface area contributed by atoms with Gasteiger partial charge in [0, 0.05) is 10.8 Å². The Morgan fingerprint density at radius 1 is 0.327 bits per heavy atom. The quantitative estimate of drug-likeness (QED) is 0.176. The van der Waals surface area contributed by atoms with Crippen LogP contribution in [0.15, 0.2) is 186 Å². The monoisotopic (exact) mass is 632 g/mol. The summed E-state index contributed by atoms with van der Waals surface area (Å²) in [5, 5.41) is 7.79. The lowest BCUT2D eigenvalue weighted by Crippen LogP contribution is -1.92. The Morgan fingerprint density at radius 3 is 1.37 bits per heavy atom. The molecule has 0 amide bonds. The van der Waals surface area contributed by atoms with Crippen molar-refractivity contribution in [2.24, 2.45) is 0 Å². The van der Waals surface area contributed by atoms with Crippen molar-refractivity contribution < 1.29 is 18.1 Å². The van der Waals surface area contributed by atoms with Gasteiger partial charge in [-0.2, -0.15) is 0 Å². The van der Waals surface area contributed by atoms with Crippen molar-refractivity contribution in [3.8, 4) is 44.5 Å². The molecule has 0 aliphatic carbocycles. The van der Waals surface area contributed by atoms with Crippen LogP contribution >= 0.6 is 0 Å². The molecular weight excluding hydrogens is 593 g/mol. The van der Waals surface area contributed by atoms with Crippen LogP contribution in [0, 0.1) is 0 Å². The van der Waals surface area contributed by atoms with Gasteiger partial charge in [-0.05, 0) is 119 Å². The van der Waals surface area contributed by atoms with Crippen LogP contribution in [0.5, 0.6) is 0 Å². The lowest BCUT2D eigenvalue weighted by atomic mass is 9.84. The molecule has 0 aliphatic heterocycles. The minimum atomic E-state index is -0.535. The standard InChI is InChI=1S/C48H30O/c1-3-13-31(14-4-1)36-25-37(32-15-5-2-6-16-32)27-38(26-36)48-42-21-11-9-19-40(42)47(41-20-10-12-22-43(41)48)35-23-24-39-44-28-33-17-7-8-18-34(33)29-46(44)49-45(39)30-35/h1-30H/i1D,2D,3D,4D,5D,6D,13D,14D,15D,16D. The second kappa shape index (κ2) is 11.1. The van der Waals surface area contributed by atoms with Gasteiger partial charge in [-0.15, -0.1) is 0 Å². The van der Waals surface area contributed by atoms with Gasteiger partial charge in [0.15, 0.2) is 0 Å². The smallest absolute Gasteiger partial charge is 0.136 e. The maximum absolute atomic E-state index is 8.88. The summed E-state index contributed by atoms with van der Waals surface area (Å²) in [6.07, 6.45) is 0. The number of hydrogen-bond donors (Lipinski definition) is 0. The molecule has 0 bridgehead atoms. The molecule has 1 aromatic heterocycles. The normalized spacial score (nSPS) is 14.5. The molecule has 0 aliphatic rings. The van der Waals surface area contributed by atoms with Crippen molar-refractivity contribution in [3.05, 3.63) is 182 Å². The minimum absolute atomic E-state index is 0.0660. The minimum Gasteiger partial charge on any atom is -0.456 e. The van der Waals surface area contributed by atoms with Gasteiger partial charge < -0.3 is 4.42 Å². The van der Waals surface area contributed by atoms with E-state index in [4.69, 9.17) is 18.1 Å². The maximum atomic E-state index is 8.88. The summed E-state index contributed by atoms with van der Waals surface area (Å²) < 4.78 is 92.3. The van der Waals surface area contributed by atoms with Crippen LogP contribution < -0.4 is 0 Å². The highest BCUT2D eigenvalue weighted by molar-refractivity contribution is 6.22. The fraction of sp³-hybridized carbons (Fsp3) is 0. The zero-order valence-corrected chi connectivity index (χ0v) is 26.0. The van der Waals surface area contributed by atoms with E-state index in [0.29, 0.717) is 5.56 Å². The van der Waals surface area contributed by atoms with Gasteiger partial charge in [-0.3, -0.25) is 0 Å². The number of hydrogen-bond acceptors (Lipinski definition) is 1. The third-order valence-electron chi connectivity index (χ3n) is 9.36. The summed E-state index contributed by atoms with van der Waals surface area (Å²) in [6, 6.07) is 34.9. The van der Waals surface area contributed by atoms with Crippen LogP contribution in [0.25, 0.3) is 98.8 Å². The Balaban J connectivity index is 1.28. The van der Waals surface area contributed by atoms with Gasteiger partial charge in [0.05, 0.1) is 13.7 Å². The molecule has 228 valence electrons. The lowest BCUT2D eigenvalue weighted by molar-refractivity contribution is 0.669. The van der Waals surface area contributed by atoms with Crippen molar-refractivity contribution in [2.75, 3.05) is 0 Å². The summed E-state index contributed by atoms with van der Waals surface area (Å²) in [5.41, 5.74) is 5.13. The summed E-state index contributed by atoms with van der Waals surface area (Å²) in [7, 11) is 0. The van der Waals surface area contributed by atoms with Crippen molar-refractivity contribution in [1.29, 1.82) is 0 Å². The molecule has 0 spiro atoms. The molecule has 0 fully saturated rings. The number of benzene rings is 9. The average Bonchev–Trinajstić information content (AvgIpc) is 3.61. The van der Waals surface area contributed by atoms with Crippen molar-refractivity contribution in [1.82, 2.24) is 0 Å². The van der Waals surface area contributed by atoms with Gasteiger partial charge in [0.2, 0.25) is 0 Å². The van der Waals surface area contributed by atoms with E-state index in [1.54, 1.807) is 12.1 Å².